The van der Waals surface area contributed by atoms with Gasteiger partial charge in [0.05, 0.1) is 21.5 Å². The quantitative estimate of drug-likeness (QED) is 0.599. The number of carbonyl (C=O) groups is 2. The third-order valence-electron chi connectivity index (χ3n) is 3.44. The number of rotatable bonds is 3. The number of benzene rings is 2. The molecule has 1 aliphatic heterocycles. The molecule has 2 amide bonds. The highest BCUT2D eigenvalue weighted by Crippen LogP contribution is 2.37. The third-order valence-corrected chi connectivity index (χ3v) is 5.42. The number of thioether (sulfide) groups is 1. The van der Waals surface area contributed by atoms with E-state index in [0.29, 0.717) is 5.56 Å². The predicted octanol–water partition coefficient (Wildman–Crippen LogP) is 5.70. The summed E-state index contributed by atoms with van der Waals surface area (Å²) in [6.45, 7) is 0.193. The largest absolute Gasteiger partial charge is 0.505 e. The number of hydrogen-bond acceptors (Lipinski definition) is 4. The van der Waals surface area contributed by atoms with Gasteiger partial charge in [0.1, 0.15) is 0 Å². The van der Waals surface area contributed by atoms with Crippen molar-refractivity contribution in [3.05, 3.63) is 66.9 Å². The van der Waals surface area contributed by atoms with Crippen molar-refractivity contribution in [3.8, 4) is 5.75 Å². The molecule has 0 unspecified atom stereocenters. The maximum atomic E-state index is 12.5. The van der Waals surface area contributed by atoms with Crippen LogP contribution in [0.25, 0.3) is 6.08 Å². The second-order valence-electron chi connectivity index (χ2n) is 5.23. The number of nitrogens with zero attached hydrogens (tertiary/aromatic N) is 1. The minimum atomic E-state index is -0.379. The fourth-order valence-corrected chi connectivity index (χ4v) is 4.06. The third kappa shape index (κ3) is 4.03. The summed E-state index contributed by atoms with van der Waals surface area (Å²) in [6.07, 6.45) is 1.53. The van der Waals surface area contributed by atoms with Crippen LogP contribution in [0, 0.1) is 0 Å². The molecule has 1 heterocycles. The molecule has 1 N–H and O–H groups in total. The van der Waals surface area contributed by atoms with Crippen LogP contribution in [-0.4, -0.2) is 21.2 Å². The molecule has 0 bridgehead atoms. The highest BCUT2D eigenvalue weighted by atomic mass is 79.9. The summed E-state index contributed by atoms with van der Waals surface area (Å²) >= 11 is 16.0. The minimum Gasteiger partial charge on any atom is -0.505 e. The molecule has 0 radical (unpaired) electrons. The van der Waals surface area contributed by atoms with Gasteiger partial charge in [-0.05, 0) is 53.2 Å². The number of aromatic hydroxyl groups is 1. The van der Waals surface area contributed by atoms with Crippen LogP contribution >= 0.6 is 50.9 Å². The van der Waals surface area contributed by atoms with Crippen LogP contribution < -0.4 is 0 Å². The van der Waals surface area contributed by atoms with E-state index in [1.54, 1.807) is 0 Å². The normalized spacial score (nSPS) is 16.1. The molecule has 8 heteroatoms. The first kappa shape index (κ1) is 18.3. The lowest BCUT2D eigenvalue weighted by Crippen LogP contribution is -2.27. The molecule has 1 saturated heterocycles. The fourth-order valence-electron chi connectivity index (χ4n) is 2.27. The van der Waals surface area contributed by atoms with E-state index < -0.39 is 0 Å². The first-order chi connectivity index (χ1) is 11.8. The Morgan fingerprint density at radius 3 is 2.48 bits per heavy atom. The highest BCUT2D eigenvalue weighted by molar-refractivity contribution is 9.10. The maximum Gasteiger partial charge on any atom is 0.293 e. The Kier molecular flexibility index (Phi) is 5.43. The van der Waals surface area contributed by atoms with E-state index in [9.17, 15) is 14.7 Å². The average Bonchev–Trinajstić information content (AvgIpc) is 2.80. The number of imide groups is 1. The van der Waals surface area contributed by atoms with Crippen molar-refractivity contribution in [2.75, 3.05) is 0 Å². The van der Waals surface area contributed by atoms with Crippen molar-refractivity contribution in [3.63, 3.8) is 0 Å². The molecule has 3 rings (SSSR count). The van der Waals surface area contributed by atoms with E-state index in [0.717, 1.165) is 21.8 Å². The van der Waals surface area contributed by atoms with Crippen LogP contribution in [0.15, 0.2) is 45.8 Å². The first-order valence-corrected chi connectivity index (χ1v) is 9.39. The van der Waals surface area contributed by atoms with Gasteiger partial charge in [-0.2, -0.15) is 0 Å². The fraction of sp³-hybridized carbons (Fsp3) is 0.0588. The zero-order valence-corrected chi connectivity index (χ0v) is 16.4. The van der Waals surface area contributed by atoms with Gasteiger partial charge >= 0.3 is 0 Å². The summed E-state index contributed by atoms with van der Waals surface area (Å²) in [5, 5.41) is 9.40. The predicted molar refractivity (Wildman–Crippen MR) is 104 cm³/mol. The zero-order valence-electron chi connectivity index (χ0n) is 12.5. The summed E-state index contributed by atoms with van der Waals surface area (Å²) in [6, 6.07) is 10.4. The molecule has 2 aromatic rings. The molecule has 0 aliphatic carbocycles. The van der Waals surface area contributed by atoms with E-state index in [-0.39, 0.29) is 38.4 Å². The summed E-state index contributed by atoms with van der Waals surface area (Å²) in [7, 11) is 0. The molecule has 0 atom stereocenters. The van der Waals surface area contributed by atoms with Crippen LogP contribution in [0.4, 0.5) is 4.79 Å². The number of carbonyl (C=O) groups excluding carboxylic acids is 2. The average molecular weight is 459 g/mol. The van der Waals surface area contributed by atoms with E-state index in [4.69, 9.17) is 23.2 Å². The van der Waals surface area contributed by atoms with Gasteiger partial charge in [-0.1, -0.05) is 51.3 Å². The van der Waals surface area contributed by atoms with Crippen molar-refractivity contribution in [1.29, 1.82) is 0 Å². The lowest BCUT2D eigenvalue weighted by Gasteiger charge is -2.12. The molecule has 0 saturated carbocycles. The molecule has 0 spiro atoms. The van der Waals surface area contributed by atoms with Gasteiger partial charge < -0.3 is 5.11 Å². The van der Waals surface area contributed by atoms with Gasteiger partial charge in [-0.15, -0.1) is 0 Å². The number of amides is 2. The van der Waals surface area contributed by atoms with Crippen LogP contribution in [0.2, 0.25) is 10.0 Å². The Labute approximate surface area is 166 Å². The lowest BCUT2D eigenvalue weighted by atomic mass is 10.2. The summed E-state index contributed by atoms with van der Waals surface area (Å²) in [5.74, 6) is -0.599. The van der Waals surface area contributed by atoms with E-state index >= 15 is 0 Å². The first-order valence-electron chi connectivity index (χ1n) is 7.03. The molecule has 25 heavy (non-hydrogen) atoms. The molecular formula is C17H10BrCl2NO3S. The van der Waals surface area contributed by atoms with Crippen LogP contribution in [0.3, 0.4) is 0 Å². The smallest absolute Gasteiger partial charge is 0.293 e. The highest BCUT2D eigenvalue weighted by Gasteiger charge is 2.35. The molecular weight excluding hydrogens is 449 g/mol. The van der Waals surface area contributed by atoms with Gasteiger partial charge in [0.25, 0.3) is 11.1 Å². The van der Waals surface area contributed by atoms with Gasteiger partial charge in [-0.3, -0.25) is 14.5 Å². The Morgan fingerprint density at radius 1 is 1.16 bits per heavy atom. The Morgan fingerprint density at radius 2 is 1.84 bits per heavy atom. The monoisotopic (exact) mass is 457 g/mol. The Hall–Kier alpha value is -1.47. The zero-order chi connectivity index (χ0) is 18.1. The standard InChI is InChI=1S/C17H10BrCl2NO3S/c18-11-3-1-2-9(4-11)8-21-16(23)14(25-17(21)24)7-10-5-12(19)15(22)13(20)6-10/h1-7,22H,8H2/b14-7-. The van der Waals surface area contributed by atoms with Crippen molar-refractivity contribution >= 4 is 68.1 Å². The van der Waals surface area contributed by atoms with Gasteiger partial charge in [0.2, 0.25) is 0 Å². The number of phenols is 1. The second-order valence-corrected chi connectivity index (χ2v) is 7.95. The Bertz CT molecular complexity index is 894. The van der Waals surface area contributed by atoms with E-state index in [2.05, 4.69) is 15.9 Å². The second kappa shape index (κ2) is 7.41. The van der Waals surface area contributed by atoms with Crippen LogP contribution in [0.1, 0.15) is 11.1 Å². The summed E-state index contributed by atoms with van der Waals surface area (Å²) in [4.78, 5) is 26.2. The topological polar surface area (TPSA) is 57.6 Å². The van der Waals surface area contributed by atoms with E-state index in [1.807, 2.05) is 24.3 Å². The minimum absolute atomic E-state index is 0.0760. The van der Waals surface area contributed by atoms with E-state index in [1.165, 1.54) is 23.1 Å². The van der Waals surface area contributed by atoms with Crippen molar-refractivity contribution in [2.45, 2.75) is 6.54 Å². The van der Waals surface area contributed by atoms with Crippen molar-refractivity contribution in [2.24, 2.45) is 0 Å². The molecule has 4 nitrogen and oxygen atoms in total. The van der Waals surface area contributed by atoms with Crippen molar-refractivity contribution < 1.29 is 14.7 Å². The molecule has 0 aromatic heterocycles. The van der Waals surface area contributed by atoms with Gasteiger partial charge in [-0.25, -0.2) is 0 Å². The molecule has 2 aromatic carbocycles. The van der Waals surface area contributed by atoms with Crippen molar-refractivity contribution in [1.82, 2.24) is 4.90 Å². The number of halogens is 3. The van der Waals surface area contributed by atoms with Crippen LogP contribution in [0.5, 0.6) is 5.75 Å². The molecule has 1 aliphatic rings. The number of phenolic OH excluding ortho intramolecular Hbond substituents is 1. The number of hydrogen-bond donors (Lipinski definition) is 1. The molecule has 1 fully saturated rings. The lowest BCUT2D eigenvalue weighted by molar-refractivity contribution is -0.123. The maximum absolute atomic E-state index is 12.5. The van der Waals surface area contributed by atoms with Gasteiger partial charge in [0, 0.05) is 4.47 Å². The summed E-state index contributed by atoms with van der Waals surface area (Å²) in [5.41, 5.74) is 1.37. The molecule has 128 valence electrons. The van der Waals surface area contributed by atoms with Gasteiger partial charge in [0.15, 0.2) is 5.75 Å². The van der Waals surface area contributed by atoms with Crippen LogP contribution in [-0.2, 0) is 11.3 Å². The summed E-state index contributed by atoms with van der Waals surface area (Å²) < 4.78 is 0.876. The Balaban J connectivity index is 1.86. The SMILES string of the molecule is O=C1S/C(=C\c2cc(Cl)c(O)c(Cl)c2)C(=O)N1Cc1cccc(Br)c1.